The molecule has 2 aliphatic heterocycles. The lowest BCUT2D eigenvalue weighted by molar-refractivity contribution is -0.274. The highest BCUT2D eigenvalue weighted by Gasteiger charge is 2.50. The van der Waals surface area contributed by atoms with Crippen molar-refractivity contribution in [3.63, 3.8) is 0 Å². The molecule has 3 aliphatic rings. The maximum Gasteiger partial charge on any atom is 0.573 e. The number of hydrogen-bond donors (Lipinski definition) is 0. The first-order chi connectivity index (χ1) is 17.3. The zero-order valence-electron chi connectivity index (χ0n) is 21.6. The van der Waals surface area contributed by atoms with Crippen molar-refractivity contribution in [2.75, 3.05) is 0 Å². The Morgan fingerprint density at radius 3 is 2.35 bits per heavy atom. The number of aromatic nitrogens is 1. The summed E-state index contributed by atoms with van der Waals surface area (Å²) in [7, 11) is 0. The Bertz CT molecular complexity index is 1140. The second-order valence-electron chi connectivity index (χ2n) is 11.6. The number of rotatable bonds is 6. The van der Waals surface area contributed by atoms with Crippen LogP contribution in [0.3, 0.4) is 0 Å². The number of amides is 1. The number of nitrogens with zero attached hydrogens (tertiary/aromatic N) is 2. The average Bonchev–Trinajstić information content (AvgIpc) is 3.46. The largest absolute Gasteiger partial charge is 0.573 e. The zero-order valence-corrected chi connectivity index (χ0v) is 21.6. The Morgan fingerprint density at radius 2 is 1.76 bits per heavy atom. The van der Waals surface area contributed by atoms with Crippen LogP contribution in [-0.2, 0) is 16.1 Å². The van der Waals surface area contributed by atoms with E-state index in [9.17, 15) is 18.0 Å². The van der Waals surface area contributed by atoms with Gasteiger partial charge in [0.1, 0.15) is 22.8 Å². The summed E-state index contributed by atoms with van der Waals surface area (Å²) >= 11 is 0. The molecule has 1 aliphatic carbocycles. The number of para-hydroxylation sites is 1. The first-order valence-electron chi connectivity index (χ1n) is 12.8. The van der Waals surface area contributed by atoms with Crippen LogP contribution < -0.4 is 4.74 Å². The standard InChI is InChI=1S/C27H33F3N2O5/c1-25(2,3)36-24(33)32-17-11-12-18(32)14-26(4,13-17)34-15-20-22(31-37-23(20)16-9-10-16)19-7-5-6-8-21(19)35-27(28,29)30/h5-8,16-18H,9-15H2,1-4H3/t17-,18+,26?. The second kappa shape index (κ2) is 9.22. The van der Waals surface area contributed by atoms with Gasteiger partial charge in [-0.25, -0.2) is 4.79 Å². The smallest absolute Gasteiger partial charge is 0.444 e. The van der Waals surface area contributed by atoms with Gasteiger partial charge in [-0.15, -0.1) is 13.2 Å². The molecule has 1 unspecified atom stereocenters. The Labute approximate surface area is 214 Å². The van der Waals surface area contributed by atoms with E-state index < -0.39 is 17.6 Å². The van der Waals surface area contributed by atoms with Crippen molar-refractivity contribution < 1.29 is 36.7 Å². The van der Waals surface area contributed by atoms with Crippen LogP contribution in [0.1, 0.15) is 83.5 Å². The summed E-state index contributed by atoms with van der Waals surface area (Å²) in [6.07, 6.45) is -0.173. The third kappa shape index (κ3) is 5.73. The highest BCUT2D eigenvalue weighted by molar-refractivity contribution is 5.71. The number of benzene rings is 1. The highest BCUT2D eigenvalue weighted by atomic mass is 19.4. The lowest BCUT2D eigenvalue weighted by Gasteiger charge is -2.44. The number of alkyl halides is 3. The molecule has 2 saturated heterocycles. The third-order valence-corrected chi connectivity index (χ3v) is 7.26. The molecule has 1 aromatic heterocycles. The molecule has 3 atom stereocenters. The van der Waals surface area contributed by atoms with Crippen LogP contribution >= 0.6 is 0 Å². The monoisotopic (exact) mass is 522 g/mol. The van der Waals surface area contributed by atoms with E-state index >= 15 is 0 Å². The van der Waals surface area contributed by atoms with Crippen molar-refractivity contribution in [3.8, 4) is 17.0 Å². The van der Waals surface area contributed by atoms with Crippen LogP contribution in [0, 0.1) is 0 Å². The second-order valence-corrected chi connectivity index (χ2v) is 11.6. The summed E-state index contributed by atoms with van der Waals surface area (Å²) < 4.78 is 61.2. The van der Waals surface area contributed by atoms with Gasteiger partial charge in [0, 0.05) is 29.1 Å². The van der Waals surface area contributed by atoms with Gasteiger partial charge in [0.15, 0.2) is 0 Å². The van der Waals surface area contributed by atoms with Crippen molar-refractivity contribution >= 4 is 6.09 Å². The summed E-state index contributed by atoms with van der Waals surface area (Å²) in [4.78, 5) is 14.7. The minimum Gasteiger partial charge on any atom is -0.444 e. The predicted molar refractivity (Wildman–Crippen MR) is 128 cm³/mol. The SMILES string of the molecule is CC(C)(C)OC(=O)N1[C@@H]2CC[C@H]1CC(C)(OCc1c(-c3ccccc3OC(F)(F)F)noc1C1CC1)C2. The quantitative estimate of drug-likeness (QED) is 0.409. The topological polar surface area (TPSA) is 74.0 Å². The van der Waals surface area contributed by atoms with Gasteiger partial charge in [-0.05, 0) is 78.4 Å². The fraction of sp³-hybridized carbons (Fsp3) is 0.630. The molecule has 3 fully saturated rings. The van der Waals surface area contributed by atoms with E-state index in [4.69, 9.17) is 14.0 Å². The average molecular weight is 523 g/mol. The molecule has 0 radical (unpaired) electrons. The molecule has 2 aromatic rings. The number of piperidine rings is 1. The van der Waals surface area contributed by atoms with Gasteiger partial charge in [0.25, 0.3) is 0 Å². The van der Waals surface area contributed by atoms with Crippen LogP contribution in [0.5, 0.6) is 5.75 Å². The Balaban J connectivity index is 1.36. The number of ether oxygens (including phenoxy) is 3. The summed E-state index contributed by atoms with van der Waals surface area (Å²) in [5.41, 5.74) is 0.0910. The van der Waals surface area contributed by atoms with E-state index in [0.29, 0.717) is 29.9 Å². The first kappa shape index (κ1) is 25.9. The first-order valence-corrected chi connectivity index (χ1v) is 12.8. The number of fused-ring (bicyclic) bond motifs is 2. The minimum absolute atomic E-state index is 0.0179. The van der Waals surface area contributed by atoms with Gasteiger partial charge in [-0.1, -0.05) is 17.3 Å². The fourth-order valence-electron chi connectivity index (χ4n) is 5.63. The summed E-state index contributed by atoms with van der Waals surface area (Å²) in [6, 6.07) is 5.97. The molecular weight excluding hydrogens is 489 g/mol. The molecule has 1 saturated carbocycles. The van der Waals surface area contributed by atoms with Gasteiger partial charge >= 0.3 is 12.5 Å². The molecule has 0 N–H and O–H groups in total. The molecular formula is C27H33F3N2O5. The Morgan fingerprint density at radius 1 is 1.11 bits per heavy atom. The van der Waals surface area contributed by atoms with Crippen molar-refractivity contribution in [1.82, 2.24) is 10.1 Å². The molecule has 7 nitrogen and oxygen atoms in total. The molecule has 10 heteroatoms. The zero-order chi connectivity index (χ0) is 26.6. The van der Waals surface area contributed by atoms with E-state index in [-0.39, 0.29) is 42.0 Å². The summed E-state index contributed by atoms with van der Waals surface area (Å²) in [5.74, 6) is 0.518. The van der Waals surface area contributed by atoms with Crippen molar-refractivity contribution in [1.29, 1.82) is 0 Å². The van der Waals surface area contributed by atoms with Crippen molar-refractivity contribution in [2.24, 2.45) is 0 Å². The predicted octanol–water partition coefficient (Wildman–Crippen LogP) is 6.95. The van der Waals surface area contributed by atoms with E-state index in [1.165, 1.54) is 12.1 Å². The number of carbonyl (C=O) groups excluding carboxylic acids is 1. The molecule has 1 amide bonds. The van der Waals surface area contributed by atoms with Crippen molar-refractivity contribution in [2.45, 2.75) is 108 Å². The summed E-state index contributed by atoms with van der Waals surface area (Å²) in [5, 5.41) is 4.16. The van der Waals surface area contributed by atoms with E-state index in [0.717, 1.165) is 25.7 Å². The van der Waals surface area contributed by atoms with Gasteiger partial charge in [-0.2, -0.15) is 0 Å². The molecule has 5 rings (SSSR count). The van der Waals surface area contributed by atoms with Crippen LogP contribution in [0.15, 0.2) is 28.8 Å². The number of hydrogen-bond acceptors (Lipinski definition) is 6. The Hall–Kier alpha value is -2.75. The van der Waals surface area contributed by atoms with Gasteiger partial charge in [-0.3, -0.25) is 0 Å². The summed E-state index contributed by atoms with van der Waals surface area (Å²) in [6.45, 7) is 7.75. The maximum absolute atomic E-state index is 13.1. The van der Waals surface area contributed by atoms with Crippen LogP contribution in [0.2, 0.25) is 0 Å². The van der Waals surface area contributed by atoms with Gasteiger partial charge in [0.05, 0.1) is 12.2 Å². The third-order valence-electron chi connectivity index (χ3n) is 7.26. The van der Waals surface area contributed by atoms with E-state index in [2.05, 4.69) is 9.89 Å². The number of carbonyl (C=O) groups is 1. The van der Waals surface area contributed by atoms with Crippen LogP contribution in [-0.4, -0.2) is 45.8 Å². The normalized spacial score (nSPS) is 25.9. The van der Waals surface area contributed by atoms with Crippen molar-refractivity contribution in [3.05, 3.63) is 35.6 Å². The van der Waals surface area contributed by atoms with E-state index in [1.807, 2.05) is 32.6 Å². The van der Waals surface area contributed by atoms with Gasteiger partial charge < -0.3 is 23.6 Å². The van der Waals surface area contributed by atoms with Gasteiger partial charge in [0.2, 0.25) is 0 Å². The van der Waals surface area contributed by atoms with Crippen LogP contribution in [0.25, 0.3) is 11.3 Å². The molecule has 0 spiro atoms. The Kier molecular flexibility index (Phi) is 6.45. The lowest BCUT2D eigenvalue weighted by Crippen LogP contribution is -2.54. The molecule has 1 aromatic carbocycles. The maximum atomic E-state index is 13.1. The molecule has 37 heavy (non-hydrogen) atoms. The minimum atomic E-state index is -4.83. The molecule has 202 valence electrons. The molecule has 2 bridgehead atoms. The van der Waals surface area contributed by atoms with E-state index in [1.54, 1.807) is 12.1 Å². The highest BCUT2D eigenvalue weighted by Crippen LogP contribution is 2.47. The molecule has 3 heterocycles. The fourth-order valence-corrected chi connectivity index (χ4v) is 5.63. The van der Waals surface area contributed by atoms with Crippen LogP contribution in [0.4, 0.5) is 18.0 Å². The number of halogens is 3. The lowest BCUT2D eigenvalue weighted by atomic mass is 9.87.